The summed E-state index contributed by atoms with van der Waals surface area (Å²) in [6.07, 6.45) is -0.968. The van der Waals surface area contributed by atoms with Crippen LogP contribution in [0.2, 0.25) is 0 Å². The minimum absolute atomic E-state index is 0.0527. The van der Waals surface area contributed by atoms with Crippen LogP contribution in [0.25, 0.3) is 0 Å². The highest BCUT2D eigenvalue weighted by molar-refractivity contribution is 8.00. The molecule has 0 fully saturated rings. The number of benzene rings is 2. The van der Waals surface area contributed by atoms with E-state index in [-0.39, 0.29) is 11.5 Å². The first-order valence-corrected chi connectivity index (χ1v) is 10.0. The molecule has 1 N–H and O–H groups in total. The smallest absolute Gasteiger partial charge is 0.317 e. The molecule has 1 aliphatic rings. The van der Waals surface area contributed by atoms with Crippen molar-refractivity contribution in [1.82, 2.24) is 0 Å². The number of anilines is 1. The molecule has 0 aliphatic carbocycles. The molecule has 0 bridgehead atoms. The summed E-state index contributed by atoms with van der Waals surface area (Å²) in [5.41, 5.74) is 0.958. The zero-order chi connectivity index (χ0) is 20.8. The lowest BCUT2D eigenvalue weighted by Gasteiger charge is -2.18. The molecule has 1 aliphatic heterocycles. The van der Waals surface area contributed by atoms with E-state index in [4.69, 9.17) is 14.2 Å². The van der Waals surface area contributed by atoms with Crippen LogP contribution in [0.4, 0.5) is 5.69 Å². The number of hydrogen-bond acceptors (Lipinski definition) is 7. The molecule has 1 heterocycles. The molecule has 2 aromatic rings. The molecular formula is C21H21NO6S. The second-order valence-electron chi connectivity index (χ2n) is 6.35. The van der Waals surface area contributed by atoms with Crippen LogP contribution in [0.1, 0.15) is 24.2 Å². The molecular weight excluding hydrogens is 394 g/mol. The predicted octanol–water partition coefficient (Wildman–Crippen LogP) is 3.32. The third-order valence-corrected chi connectivity index (χ3v) is 5.05. The van der Waals surface area contributed by atoms with Crippen molar-refractivity contribution in [2.75, 3.05) is 24.3 Å². The van der Waals surface area contributed by atoms with Gasteiger partial charge in [-0.15, -0.1) is 11.8 Å². The molecule has 0 saturated heterocycles. The maximum atomic E-state index is 12.3. The van der Waals surface area contributed by atoms with Crippen LogP contribution in [0.15, 0.2) is 47.4 Å². The maximum Gasteiger partial charge on any atom is 0.317 e. The van der Waals surface area contributed by atoms with Crippen LogP contribution in [0.3, 0.4) is 0 Å². The van der Waals surface area contributed by atoms with Gasteiger partial charge in [0.05, 0.1) is 5.75 Å². The van der Waals surface area contributed by atoms with Crippen LogP contribution in [-0.2, 0) is 14.3 Å². The lowest BCUT2D eigenvalue weighted by Crippen LogP contribution is -2.30. The quantitative estimate of drug-likeness (QED) is 0.421. The molecule has 0 saturated carbocycles. The van der Waals surface area contributed by atoms with Crippen molar-refractivity contribution in [1.29, 1.82) is 0 Å². The Kier molecular flexibility index (Phi) is 6.77. The molecule has 0 aromatic heterocycles. The second-order valence-corrected chi connectivity index (χ2v) is 7.40. The highest BCUT2D eigenvalue weighted by atomic mass is 32.2. The van der Waals surface area contributed by atoms with Crippen molar-refractivity contribution in [3.05, 3.63) is 48.0 Å². The van der Waals surface area contributed by atoms with Gasteiger partial charge in [-0.25, -0.2) is 0 Å². The summed E-state index contributed by atoms with van der Waals surface area (Å²) in [6, 6.07) is 12.0. The topological polar surface area (TPSA) is 90.9 Å². The minimum Gasteiger partial charge on any atom is -0.486 e. The van der Waals surface area contributed by atoms with Crippen molar-refractivity contribution in [3.8, 4) is 11.5 Å². The number of carbonyl (C=O) groups excluding carboxylic acids is 3. The number of carbonyl (C=O) groups is 3. The van der Waals surface area contributed by atoms with Gasteiger partial charge in [0.2, 0.25) is 0 Å². The average Bonchev–Trinajstić information content (AvgIpc) is 2.72. The summed E-state index contributed by atoms with van der Waals surface area (Å²) in [4.78, 5) is 36.6. The zero-order valence-electron chi connectivity index (χ0n) is 16.1. The fourth-order valence-electron chi connectivity index (χ4n) is 2.60. The largest absolute Gasteiger partial charge is 0.486 e. The lowest BCUT2D eigenvalue weighted by atomic mass is 10.1. The number of hydrogen-bond donors (Lipinski definition) is 1. The van der Waals surface area contributed by atoms with Crippen LogP contribution in [-0.4, -0.2) is 42.7 Å². The molecule has 7 nitrogen and oxygen atoms in total. The molecule has 0 spiro atoms. The highest BCUT2D eigenvalue weighted by Gasteiger charge is 2.19. The number of rotatable bonds is 7. The van der Waals surface area contributed by atoms with Crippen molar-refractivity contribution < 1.29 is 28.6 Å². The summed E-state index contributed by atoms with van der Waals surface area (Å²) in [6.45, 7) is 3.96. The number of ketones is 1. The van der Waals surface area contributed by atoms with Crippen molar-refractivity contribution in [2.45, 2.75) is 24.8 Å². The van der Waals surface area contributed by atoms with E-state index in [9.17, 15) is 14.4 Å². The van der Waals surface area contributed by atoms with Crippen LogP contribution >= 0.6 is 11.8 Å². The Balaban J connectivity index is 1.49. The van der Waals surface area contributed by atoms with Crippen LogP contribution < -0.4 is 14.8 Å². The van der Waals surface area contributed by atoms with E-state index in [1.54, 1.807) is 30.3 Å². The third-order valence-electron chi connectivity index (χ3n) is 4.08. The van der Waals surface area contributed by atoms with Gasteiger partial charge >= 0.3 is 5.97 Å². The normalized spacial score (nSPS) is 13.3. The average molecular weight is 415 g/mol. The molecule has 3 rings (SSSR count). The third kappa shape index (κ3) is 5.74. The summed E-state index contributed by atoms with van der Waals surface area (Å²) in [5.74, 6) is 0.305. The van der Waals surface area contributed by atoms with Gasteiger partial charge in [0, 0.05) is 16.1 Å². The Morgan fingerprint density at radius 3 is 2.62 bits per heavy atom. The fourth-order valence-corrected chi connectivity index (χ4v) is 3.31. The molecule has 8 heteroatoms. The van der Waals surface area contributed by atoms with Gasteiger partial charge in [0.1, 0.15) is 13.2 Å². The fraction of sp³-hybridized carbons (Fsp3) is 0.286. The van der Waals surface area contributed by atoms with Gasteiger partial charge in [0.15, 0.2) is 23.4 Å². The SMILES string of the molecule is CC(=O)c1cccc(NC(=O)[C@H](C)OC(=O)CSc2ccc3c(c2)OCCO3)c1. The number of thioether (sulfide) groups is 1. The zero-order valence-corrected chi connectivity index (χ0v) is 16.9. The molecule has 0 unspecified atom stereocenters. The van der Waals surface area contributed by atoms with E-state index < -0.39 is 18.0 Å². The van der Waals surface area contributed by atoms with E-state index in [1.807, 2.05) is 12.1 Å². The molecule has 2 aromatic carbocycles. The number of esters is 1. The van der Waals surface area contributed by atoms with Crippen molar-refractivity contribution in [3.63, 3.8) is 0 Å². The van der Waals surface area contributed by atoms with Crippen molar-refractivity contribution in [2.24, 2.45) is 0 Å². The number of nitrogens with one attached hydrogen (secondary N) is 1. The standard InChI is InChI=1S/C21H21NO6S/c1-13(23)15-4-3-5-16(10-15)22-21(25)14(2)28-20(24)12-29-17-6-7-18-19(11-17)27-9-8-26-18/h3-7,10-11,14H,8-9,12H2,1-2H3,(H,22,25)/t14-/m0/s1. The number of amides is 1. The Morgan fingerprint density at radius 2 is 1.86 bits per heavy atom. The van der Waals surface area contributed by atoms with E-state index in [2.05, 4.69) is 5.32 Å². The van der Waals surface area contributed by atoms with E-state index in [1.165, 1.54) is 25.6 Å². The molecule has 0 radical (unpaired) electrons. The highest BCUT2D eigenvalue weighted by Crippen LogP contribution is 2.34. The molecule has 152 valence electrons. The summed E-state index contributed by atoms with van der Waals surface area (Å²) < 4.78 is 16.2. The second kappa shape index (κ2) is 9.47. The number of Topliss-reactive ketones (excluding diaryl/α,β-unsaturated/α-hetero) is 1. The monoisotopic (exact) mass is 415 g/mol. The Hall–Kier alpha value is -3.00. The van der Waals surface area contributed by atoms with E-state index in [0.29, 0.717) is 36.0 Å². The maximum absolute atomic E-state index is 12.3. The number of ether oxygens (including phenoxy) is 3. The van der Waals surface area contributed by atoms with Gasteiger partial charge in [-0.05, 0) is 44.2 Å². The lowest BCUT2D eigenvalue weighted by molar-refractivity contribution is -0.150. The Labute approximate surface area is 172 Å². The van der Waals surface area contributed by atoms with Crippen molar-refractivity contribution >= 4 is 35.1 Å². The van der Waals surface area contributed by atoms with Crippen LogP contribution in [0, 0.1) is 0 Å². The Morgan fingerprint density at radius 1 is 1.10 bits per heavy atom. The first kappa shape index (κ1) is 20.7. The van der Waals surface area contributed by atoms with Gasteiger partial charge in [-0.2, -0.15) is 0 Å². The van der Waals surface area contributed by atoms with Gasteiger partial charge in [-0.3, -0.25) is 14.4 Å². The van der Waals surface area contributed by atoms with Gasteiger partial charge in [0.25, 0.3) is 5.91 Å². The Bertz CT molecular complexity index is 929. The predicted molar refractivity (Wildman–Crippen MR) is 109 cm³/mol. The first-order chi connectivity index (χ1) is 13.9. The van der Waals surface area contributed by atoms with Crippen LogP contribution in [0.5, 0.6) is 11.5 Å². The van der Waals surface area contributed by atoms with Gasteiger partial charge < -0.3 is 19.5 Å². The summed E-state index contributed by atoms with van der Waals surface area (Å²) in [7, 11) is 0. The summed E-state index contributed by atoms with van der Waals surface area (Å²) in [5, 5.41) is 2.64. The number of fused-ring (bicyclic) bond motifs is 1. The minimum atomic E-state index is -0.968. The van der Waals surface area contributed by atoms with Gasteiger partial charge in [-0.1, -0.05) is 12.1 Å². The van der Waals surface area contributed by atoms with E-state index in [0.717, 1.165) is 4.90 Å². The molecule has 1 atom stereocenters. The molecule has 29 heavy (non-hydrogen) atoms. The first-order valence-electron chi connectivity index (χ1n) is 9.06. The van der Waals surface area contributed by atoms with E-state index >= 15 is 0 Å². The summed E-state index contributed by atoms with van der Waals surface area (Å²) >= 11 is 1.28. The molecule has 1 amide bonds.